The Labute approximate surface area is 237 Å². The third-order valence-electron chi connectivity index (χ3n) is 7.01. The number of hydrogen-bond acceptors (Lipinski definition) is 7. The average Bonchev–Trinajstić information content (AvgIpc) is 3.73. The van der Waals surface area contributed by atoms with Crippen molar-refractivity contribution < 1.29 is 9.53 Å². The van der Waals surface area contributed by atoms with Crippen molar-refractivity contribution in [2.24, 2.45) is 0 Å². The quantitative estimate of drug-likeness (QED) is 0.222. The first-order chi connectivity index (χ1) is 20.1. The monoisotopic (exact) mass is 554 g/mol. The molecule has 11 heteroatoms. The van der Waals surface area contributed by atoms with Crippen LogP contribution >= 0.6 is 0 Å². The maximum Gasteiger partial charge on any atom is 0.341 e. The minimum absolute atomic E-state index is 0.223. The van der Waals surface area contributed by atoms with Crippen molar-refractivity contribution in [1.29, 1.82) is 0 Å². The number of aryl methyl sites for hydroxylation is 2. The lowest BCUT2D eigenvalue weighted by Crippen LogP contribution is -2.27. The summed E-state index contributed by atoms with van der Waals surface area (Å²) >= 11 is 0. The molecule has 0 aliphatic rings. The van der Waals surface area contributed by atoms with Crippen LogP contribution in [0.4, 0.5) is 0 Å². The Morgan fingerprint density at radius 3 is 2.59 bits per heavy atom. The van der Waals surface area contributed by atoms with Gasteiger partial charge in [0.25, 0.3) is 0 Å². The van der Waals surface area contributed by atoms with E-state index < -0.39 is 5.97 Å². The fourth-order valence-corrected chi connectivity index (χ4v) is 5.10. The summed E-state index contributed by atoms with van der Waals surface area (Å²) in [5, 5.41) is 14.6. The van der Waals surface area contributed by atoms with Crippen LogP contribution < -0.4 is 5.69 Å². The van der Waals surface area contributed by atoms with Crippen molar-refractivity contribution in [3.05, 3.63) is 88.5 Å². The van der Waals surface area contributed by atoms with Gasteiger partial charge in [0.1, 0.15) is 11.4 Å². The standard InChI is InChI=1S/C30H34N8O3/c1-4-7-10-22-20-38(28-26(29(39)41-6-3)14-17-36(28)16-5-2)30(40)37(22)19-21-18-31-15-13-23(21)24-11-8-9-12-25(24)27-32-34-35-33-27/h8-9,11-15,17-18,20H,4-7,10,16,19H2,1-3H3,(H,32,33,34,35). The lowest BCUT2D eigenvalue weighted by Gasteiger charge is -2.14. The highest BCUT2D eigenvalue weighted by molar-refractivity contribution is 5.93. The fourth-order valence-electron chi connectivity index (χ4n) is 5.10. The van der Waals surface area contributed by atoms with Crippen molar-refractivity contribution in [2.75, 3.05) is 6.61 Å². The maximum atomic E-state index is 14.2. The second-order valence-corrected chi connectivity index (χ2v) is 9.74. The number of nitrogens with one attached hydrogen (secondary N) is 1. The van der Waals surface area contributed by atoms with E-state index in [-0.39, 0.29) is 12.3 Å². The van der Waals surface area contributed by atoms with Crippen LogP contribution in [0.25, 0.3) is 28.3 Å². The minimum Gasteiger partial charge on any atom is -0.462 e. The number of aromatic amines is 1. The van der Waals surface area contributed by atoms with Gasteiger partial charge in [0.2, 0.25) is 5.82 Å². The third kappa shape index (κ3) is 5.60. The summed E-state index contributed by atoms with van der Waals surface area (Å²) in [6.45, 7) is 7.18. The Morgan fingerprint density at radius 1 is 1.02 bits per heavy atom. The van der Waals surface area contributed by atoms with Gasteiger partial charge in [-0.2, -0.15) is 5.21 Å². The van der Waals surface area contributed by atoms with Crippen molar-refractivity contribution in [3.63, 3.8) is 0 Å². The van der Waals surface area contributed by atoms with Gasteiger partial charge in [-0.05, 0) is 60.2 Å². The highest BCUT2D eigenvalue weighted by Gasteiger charge is 2.23. The lowest BCUT2D eigenvalue weighted by molar-refractivity contribution is 0.0526. The summed E-state index contributed by atoms with van der Waals surface area (Å²) in [4.78, 5) is 31.4. The molecule has 41 heavy (non-hydrogen) atoms. The topological polar surface area (TPSA) is 126 Å². The zero-order valence-corrected chi connectivity index (χ0v) is 23.6. The highest BCUT2D eigenvalue weighted by Crippen LogP contribution is 2.32. The number of benzene rings is 1. The van der Waals surface area contributed by atoms with Crippen LogP contribution in [-0.4, -0.2) is 51.9 Å². The van der Waals surface area contributed by atoms with Gasteiger partial charge in [0.15, 0.2) is 0 Å². The largest absolute Gasteiger partial charge is 0.462 e. The molecule has 5 rings (SSSR count). The fraction of sp³-hybridized carbons (Fsp3) is 0.333. The van der Waals surface area contributed by atoms with Crippen LogP contribution in [-0.2, 0) is 24.2 Å². The predicted octanol–water partition coefficient (Wildman–Crippen LogP) is 4.66. The number of rotatable bonds is 12. The number of ether oxygens (including phenoxy) is 1. The Bertz CT molecular complexity index is 1680. The molecule has 0 amide bonds. The van der Waals surface area contributed by atoms with Gasteiger partial charge in [-0.3, -0.25) is 14.1 Å². The molecule has 1 aromatic carbocycles. The van der Waals surface area contributed by atoms with E-state index in [2.05, 4.69) is 39.5 Å². The number of carbonyl (C=O) groups is 1. The molecule has 4 aromatic heterocycles. The van der Waals surface area contributed by atoms with E-state index in [1.165, 1.54) is 0 Å². The lowest BCUT2D eigenvalue weighted by atomic mass is 9.96. The van der Waals surface area contributed by atoms with Crippen molar-refractivity contribution in [3.8, 4) is 28.3 Å². The van der Waals surface area contributed by atoms with E-state index in [1.807, 2.05) is 47.3 Å². The van der Waals surface area contributed by atoms with Gasteiger partial charge in [0, 0.05) is 42.6 Å². The molecular weight excluding hydrogens is 520 g/mol. The number of H-pyrrole nitrogens is 1. The number of hydrogen-bond donors (Lipinski definition) is 1. The zero-order valence-electron chi connectivity index (χ0n) is 23.6. The molecule has 0 unspecified atom stereocenters. The first-order valence-corrected chi connectivity index (χ1v) is 14.0. The van der Waals surface area contributed by atoms with Gasteiger partial charge in [0.05, 0.1) is 13.2 Å². The van der Waals surface area contributed by atoms with Gasteiger partial charge in [-0.1, -0.05) is 44.5 Å². The second kappa shape index (κ2) is 12.6. The number of aromatic nitrogens is 8. The molecule has 0 atom stereocenters. The van der Waals surface area contributed by atoms with Gasteiger partial charge >= 0.3 is 11.7 Å². The Morgan fingerprint density at radius 2 is 1.85 bits per heavy atom. The van der Waals surface area contributed by atoms with E-state index in [0.29, 0.717) is 30.3 Å². The summed E-state index contributed by atoms with van der Waals surface area (Å²) < 4.78 is 10.6. The molecule has 0 bridgehead atoms. The summed E-state index contributed by atoms with van der Waals surface area (Å²) in [7, 11) is 0. The summed E-state index contributed by atoms with van der Waals surface area (Å²) in [6, 6.07) is 11.5. The molecule has 11 nitrogen and oxygen atoms in total. The van der Waals surface area contributed by atoms with Gasteiger partial charge in [-0.25, -0.2) is 9.59 Å². The molecule has 1 N–H and O–H groups in total. The zero-order chi connectivity index (χ0) is 28.8. The molecule has 0 fully saturated rings. The summed E-state index contributed by atoms with van der Waals surface area (Å²) in [5.74, 6) is 0.568. The van der Waals surface area contributed by atoms with Crippen LogP contribution in [0.5, 0.6) is 0 Å². The van der Waals surface area contributed by atoms with Crippen LogP contribution in [0.2, 0.25) is 0 Å². The SMILES string of the molecule is CCCCc1cn(-c2c(C(=O)OCC)ccn2CCC)c(=O)n1Cc1cnccc1-c1ccccc1-c1nn[nH]n1. The molecular formula is C30H34N8O3. The van der Waals surface area contributed by atoms with Crippen LogP contribution in [0.1, 0.15) is 61.6 Å². The first kappa shape index (κ1) is 27.8. The van der Waals surface area contributed by atoms with Crippen LogP contribution in [0.3, 0.4) is 0 Å². The number of nitrogens with zero attached hydrogens (tertiary/aromatic N) is 7. The molecule has 0 spiro atoms. The van der Waals surface area contributed by atoms with E-state index in [4.69, 9.17) is 4.74 Å². The van der Waals surface area contributed by atoms with Crippen LogP contribution in [0.15, 0.2) is 66.0 Å². The summed E-state index contributed by atoms with van der Waals surface area (Å²) in [5.41, 5.74) is 4.56. The second-order valence-electron chi connectivity index (χ2n) is 9.74. The molecule has 0 saturated heterocycles. The van der Waals surface area contributed by atoms with E-state index in [9.17, 15) is 9.59 Å². The van der Waals surface area contributed by atoms with Crippen molar-refractivity contribution in [2.45, 2.75) is 59.5 Å². The number of unbranched alkanes of at least 4 members (excludes halogenated alkanes) is 1. The molecule has 0 radical (unpaired) electrons. The highest BCUT2D eigenvalue weighted by atomic mass is 16.5. The summed E-state index contributed by atoms with van der Waals surface area (Å²) in [6.07, 6.45) is 10.7. The van der Waals surface area contributed by atoms with E-state index in [0.717, 1.165) is 53.6 Å². The molecule has 212 valence electrons. The molecule has 0 aliphatic heterocycles. The molecule has 4 heterocycles. The molecule has 0 saturated carbocycles. The maximum absolute atomic E-state index is 14.2. The third-order valence-corrected chi connectivity index (χ3v) is 7.01. The van der Waals surface area contributed by atoms with E-state index >= 15 is 0 Å². The van der Waals surface area contributed by atoms with Gasteiger partial charge < -0.3 is 9.30 Å². The smallest absolute Gasteiger partial charge is 0.341 e. The van der Waals surface area contributed by atoms with Crippen molar-refractivity contribution >= 4 is 5.97 Å². The van der Waals surface area contributed by atoms with Crippen LogP contribution in [0, 0.1) is 0 Å². The van der Waals surface area contributed by atoms with Crippen molar-refractivity contribution in [1.82, 2.24) is 39.3 Å². The van der Waals surface area contributed by atoms with E-state index in [1.54, 1.807) is 34.5 Å². The first-order valence-electron chi connectivity index (χ1n) is 14.0. The minimum atomic E-state index is -0.445. The number of carbonyl (C=O) groups excluding carboxylic acids is 1. The molecule has 0 aliphatic carbocycles. The number of tetrazole rings is 1. The number of imidazole rings is 1. The number of esters is 1. The number of pyridine rings is 1. The Balaban J connectivity index is 1.63. The predicted molar refractivity (Wildman–Crippen MR) is 155 cm³/mol. The Hall–Kier alpha value is -4.80. The normalized spacial score (nSPS) is 11.2. The Kier molecular flexibility index (Phi) is 8.52. The van der Waals surface area contributed by atoms with Gasteiger partial charge in [-0.15, -0.1) is 10.2 Å². The average molecular weight is 555 g/mol. The molecule has 5 aromatic rings.